The Hall–Kier alpha value is -1.39. The molecule has 1 aromatic rings. The van der Waals surface area contributed by atoms with E-state index in [-0.39, 0.29) is 0 Å². The van der Waals surface area contributed by atoms with Crippen LogP contribution in [0.4, 0.5) is 0 Å². The van der Waals surface area contributed by atoms with Gasteiger partial charge in [0.25, 0.3) is 0 Å². The van der Waals surface area contributed by atoms with E-state index in [1.807, 2.05) is 4.90 Å². The Labute approximate surface area is 131 Å². The molecule has 120 valence electrons. The number of nitrogens with zero attached hydrogens (tertiary/aromatic N) is 3. The van der Waals surface area contributed by atoms with Gasteiger partial charge in [-0.05, 0) is 44.4 Å². The maximum atomic E-state index is 12.4. The van der Waals surface area contributed by atoms with Gasteiger partial charge < -0.3 is 9.32 Å². The Balaban J connectivity index is 1.28. The van der Waals surface area contributed by atoms with Crippen LogP contribution in [0, 0.1) is 5.92 Å². The number of carbonyl (C=O) groups is 1. The topological polar surface area (TPSA) is 59.2 Å². The molecule has 0 atom stereocenters. The van der Waals surface area contributed by atoms with Crippen LogP contribution in [0.3, 0.4) is 0 Å². The predicted molar refractivity (Wildman–Crippen MR) is 81.4 cm³/mol. The number of piperidine rings is 1. The average Bonchev–Trinajstić information content (AvgIpc) is 3.06. The van der Waals surface area contributed by atoms with Crippen molar-refractivity contribution in [2.45, 2.75) is 69.6 Å². The van der Waals surface area contributed by atoms with Crippen LogP contribution in [0.2, 0.25) is 0 Å². The van der Waals surface area contributed by atoms with Gasteiger partial charge in [0.2, 0.25) is 17.7 Å². The van der Waals surface area contributed by atoms with E-state index < -0.39 is 0 Å². The summed E-state index contributed by atoms with van der Waals surface area (Å²) in [5.74, 6) is 3.49. The van der Waals surface area contributed by atoms with E-state index in [4.69, 9.17) is 4.42 Å². The summed E-state index contributed by atoms with van der Waals surface area (Å²) in [6.07, 6.45) is 10.2. The van der Waals surface area contributed by atoms with Crippen molar-refractivity contribution in [2.75, 3.05) is 13.1 Å². The quantitative estimate of drug-likeness (QED) is 0.857. The molecule has 0 bridgehead atoms. The van der Waals surface area contributed by atoms with Crippen LogP contribution in [0.15, 0.2) is 4.42 Å². The number of amides is 1. The number of aromatic nitrogens is 2. The van der Waals surface area contributed by atoms with Gasteiger partial charge in [0, 0.05) is 31.3 Å². The largest absolute Gasteiger partial charge is 0.425 e. The fourth-order valence-corrected chi connectivity index (χ4v) is 3.87. The molecule has 4 rings (SSSR count). The molecule has 3 fully saturated rings. The Morgan fingerprint density at radius 1 is 0.955 bits per heavy atom. The third kappa shape index (κ3) is 3.03. The zero-order valence-corrected chi connectivity index (χ0v) is 13.2. The van der Waals surface area contributed by atoms with Crippen molar-refractivity contribution < 1.29 is 9.21 Å². The molecule has 3 aliphatic rings. The van der Waals surface area contributed by atoms with Gasteiger partial charge in [-0.1, -0.05) is 12.8 Å². The molecular formula is C17H25N3O2. The standard InChI is InChI=1S/C17H25N3O2/c21-15(11-12-3-1-2-4-12)20-9-7-14(8-10-20)17-19-18-16(22-17)13-5-6-13/h12-14H,1-11H2. The van der Waals surface area contributed by atoms with Gasteiger partial charge in [0.1, 0.15) is 0 Å². The summed E-state index contributed by atoms with van der Waals surface area (Å²) >= 11 is 0. The predicted octanol–water partition coefficient (Wildman–Crippen LogP) is 3.23. The van der Waals surface area contributed by atoms with Crippen molar-refractivity contribution in [3.8, 4) is 0 Å². The zero-order valence-electron chi connectivity index (χ0n) is 13.2. The van der Waals surface area contributed by atoms with E-state index in [2.05, 4.69) is 10.2 Å². The van der Waals surface area contributed by atoms with Gasteiger partial charge in [-0.25, -0.2) is 0 Å². The monoisotopic (exact) mass is 303 g/mol. The second-order valence-corrected chi connectivity index (χ2v) is 7.26. The highest BCUT2D eigenvalue weighted by atomic mass is 16.4. The number of hydrogen-bond donors (Lipinski definition) is 0. The van der Waals surface area contributed by atoms with Crippen LogP contribution in [-0.4, -0.2) is 34.1 Å². The molecule has 2 aliphatic carbocycles. The van der Waals surface area contributed by atoms with Crippen molar-refractivity contribution in [3.05, 3.63) is 11.8 Å². The van der Waals surface area contributed by atoms with Gasteiger partial charge in [0.05, 0.1) is 0 Å². The Kier molecular flexibility index (Phi) is 3.89. The minimum atomic E-state index is 0.343. The lowest BCUT2D eigenvalue weighted by Gasteiger charge is -2.31. The maximum Gasteiger partial charge on any atom is 0.222 e. The highest BCUT2D eigenvalue weighted by Crippen LogP contribution is 2.40. The van der Waals surface area contributed by atoms with Crippen molar-refractivity contribution in [2.24, 2.45) is 5.92 Å². The molecule has 0 unspecified atom stereocenters. The summed E-state index contributed by atoms with van der Waals surface area (Å²) in [7, 11) is 0. The van der Waals surface area contributed by atoms with E-state index in [1.54, 1.807) is 0 Å². The van der Waals surface area contributed by atoms with Crippen LogP contribution in [0.1, 0.15) is 81.4 Å². The molecule has 0 N–H and O–H groups in total. The van der Waals surface area contributed by atoms with Crippen LogP contribution < -0.4 is 0 Å². The lowest BCUT2D eigenvalue weighted by molar-refractivity contribution is -0.133. The SMILES string of the molecule is O=C(CC1CCCC1)N1CCC(c2nnc(C3CC3)o2)CC1. The Morgan fingerprint density at radius 3 is 2.14 bits per heavy atom. The molecule has 5 nitrogen and oxygen atoms in total. The molecule has 1 aliphatic heterocycles. The molecule has 1 amide bonds. The minimum Gasteiger partial charge on any atom is -0.425 e. The second-order valence-electron chi connectivity index (χ2n) is 7.26. The summed E-state index contributed by atoms with van der Waals surface area (Å²) in [6.45, 7) is 1.69. The van der Waals surface area contributed by atoms with Crippen molar-refractivity contribution in [3.63, 3.8) is 0 Å². The Morgan fingerprint density at radius 2 is 1.55 bits per heavy atom. The molecule has 5 heteroatoms. The molecule has 1 aromatic heterocycles. The van der Waals surface area contributed by atoms with Crippen molar-refractivity contribution in [1.82, 2.24) is 15.1 Å². The fraction of sp³-hybridized carbons (Fsp3) is 0.824. The van der Waals surface area contributed by atoms with E-state index in [0.717, 1.165) is 44.1 Å². The molecule has 2 heterocycles. The van der Waals surface area contributed by atoms with Gasteiger partial charge in [-0.15, -0.1) is 10.2 Å². The van der Waals surface area contributed by atoms with Crippen LogP contribution in [0.5, 0.6) is 0 Å². The summed E-state index contributed by atoms with van der Waals surface area (Å²) in [6, 6.07) is 0. The highest BCUT2D eigenvalue weighted by molar-refractivity contribution is 5.76. The Bertz CT molecular complexity index is 524. The first-order valence-corrected chi connectivity index (χ1v) is 8.90. The highest BCUT2D eigenvalue weighted by Gasteiger charge is 2.32. The van der Waals surface area contributed by atoms with E-state index in [1.165, 1.54) is 38.5 Å². The van der Waals surface area contributed by atoms with Gasteiger partial charge >= 0.3 is 0 Å². The summed E-state index contributed by atoms with van der Waals surface area (Å²) < 4.78 is 5.82. The lowest BCUT2D eigenvalue weighted by atomic mass is 9.95. The third-order valence-corrected chi connectivity index (χ3v) is 5.52. The van der Waals surface area contributed by atoms with Gasteiger partial charge in [-0.3, -0.25) is 4.79 Å². The molecule has 1 saturated heterocycles. The average molecular weight is 303 g/mol. The van der Waals surface area contributed by atoms with Crippen LogP contribution in [-0.2, 0) is 4.79 Å². The number of rotatable bonds is 4. The van der Waals surface area contributed by atoms with Crippen LogP contribution >= 0.6 is 0 Å². The first kappa shape index (κ1) is 14.2. The van der Waals surface area contributed by atoms with Gasteiger partial charge in [-0.2, -0.15) is 0 Å². The summed E-state index contributed by atoms with van der Waals surface area (Å²) in [5.41, 5.74) is 0. The zero-order chi connectivity index (χ0) is 14.9. The number of hydrogen-bond acceptors (Lipinski definition) is 4. The first-order chi connectivity index (χ1) is 10.8. The summed E-state index contributed by atoms with van der Waals surface area (Å²) in [5, 5.41) is 8.41. The molecule has 2 saturated carbocycles. The minimum absolute atomic E-state index is 0.343. The number of likely N-dealkylation sites (tertiary alicyclic amines) is 1. The maximum absolute atomic E-state index is 12.4. The third-order valence-electron chi connectivity index (χ3n) is 5.52. The smallest absolute Gasteiger partial charge is 0.222 e. The molecule has 22 heavy (non-hydrogen) atoms. The molecule has 0 aromatic carbocycles. The van der Waals surface area contributed by atoms with E-state index >= 15 is 0 Å². The van der Waals surface area contributed by atoms with E-state index in [0.29, 0.717) is 23.7 Å². The molecular weight excluding hydrogens is 278 g/mol. The lowest BCUT2D eigenvalue weighted by Crippen LogP contribution is -2.38. The second kappa shape index (κ2) is 6.01. The fourth-order valence-electron chi connectivity index (χ4n) is 3.87. The summed E-state index contributed by atoms with van der Waals surface area (Å²) in [4.78, 5) is 14.4. The van der Waals surface area contributed by atoms with Crippen LogP contribution in [0.25, 0.3) is 0 Å². The van der Waals surface area contributed by atoms with E-state index in [9.17, 15) is 4.79 Å². The van der Waals surface area contributed by atoms with Crippen molar-refractivity contribution >= 4 is 5.91 Å². The normalized spacial score (nSPS) is 24.1. The number of carbonyl (C=O) groups excluding carboxylic acids is 1. The van der Waals surface area contributed by atoms with Crippen molar-refractivity contribution in [1.29, 1.82) is 0 Å². The first-order valence-electron chi connectivity index (χ1n) is 8.90. The molecule has 0 radical (unpaired) electrons. The van der Waals surface area contributed by atoms with Gasteiger partial charge in [0.15, 0.2) is 0 Å². The molecule has 0 spiro atoms.